The molecule has 2 unspecified atom stereocenters. The van der Waals surface area contributed by atoms with E-state index in [1.165, 1.54) is 5.69 Å². The normalized spacial score (nSPS) is 26.3. The fourth-order valence-corrected chi connectivity index (χ4v) is 2.36. The predicted molar refractivity (Wildman–Crippen MR) is 71.3 cm³/mol. The fraction of sp³-hybridized carbons (Fsp3) is 0.769. The molecular weight excluding hydrogens is 212 g/mol. The van der Waals surface area contributed by atoms with E-state index in [0.717, 1.165) is 13.1 Å². The summed E-state index contributed by atoms with van der Waals surface area (Å²) in [4.78, 5) is 2.46. The standard InChI is InChI=1S/C13H24N4/c1-10-6-14-12(13(2,3)4)9-17(10)11-7-15-16(5)8-11/h7-8,10,12,14H,6,9H2,1-5H3. The Morgan fingerprint density at radius 3 is 2.65 bits per heavy atom. The first-order valence-electron chi connectivity index (χ1n) is 6.36. The van der Waals surface area contributed by atoms with Crippen LogP contribution in [0.3, 0.4) is 0 Å². The number of nitrogens with zero attached hydrogens (tertiary/aromatic N) is 3. The summed E-state index contributed by atoms with van der Waals surface area (Å²) in [5.41, 5.74) is 1.52. The Kier molecular flexibility index (Phi) is 3.17. The van der Waals surface area contributed by atoms with Gasteiger partial charge in [0.05, 0.1) is 11.9 Å². The topological polar surface area (TPSA) is 33.1 Å². The van der Waals surface area contributed by atoms with Crippen molar-refractivity contribution in [2.24, 2.45) is 12.5 Å². The molecule has 0 aromatic carbocycles. The zero-order valence-electron chi connectivity index (χ0n) is 11.6. The molecule has 1 fully saturated rings. The van der Waals surface area contributed by atoms with Crippen LogP contribution in [0.4, 0.5) is 5.69 Å². The molecular formula is C13H24N4. The van der Waals surface area contributed by atoms with E-state index in [1.807, 2.05) is 17.9 Å². The van der Waals surface area contributed by atoms with Crippen molar-refractivity contribution in [3.05, 3.63) is 12.4 Å². The minimum Gasteiger partial charge on any atom is -0.363 e. The lowest BCUT2D eigenvalue weighted by Gasteiger charge is -2.44. The van der Waals surface area contributed by atoms with Gasteiger partial charge in [0.1, 0.15) is 0 Å². The zero-order valence-corrected chi connectivity index (χ0v) is 11.6. The molecule has 0 radical (unpaired) electrons. The van der Waals surface area contributed by atoms with Crippen molar-refractivity contribution in [1.29, 1.82) is 0 Å². The molecule has 2 atom stereocenters. The number of aromatic nitrogens is 2. The number of hydrogen-bond acceptors (Lipinski definition) is 3. The minimum absolute atomic E-state index is 0.292. The van der Waals surface area contributed by atoms with Crippen molar-refractivity contribution in [2.45, 2.75) is 39.8 Å². The molecule has 0 saturated carbocycles. The van der Waals surface area contributed by atoms with Gasteiger partial charge in [-0.25, -0.2) is 0 Å². The summed E-state index contributed by atoms with van der Waals surface area (Å²) in [5.74, 6) is 0. The van der Waals surface area contributed by atoms with E-state index in [0.29, 0.717) is 17.5 Å². The third-order valence-electron chi connectivity index (χ3n) is 3.64. The first-order valence-corrected chi connectivity index (χ1v) is 6.36. The Labute approximate surface area is 104 Å². The third-order valence-corrected chi connectivity index (χ3v) is 3.64. The summed E-state index contributed by atoms with van der Waals surface area (Å²) in [6, 6.07) is 1.05. The van der Waals surface area contributed by atoms with Crippen LogP contribution in [0.5, 0.6) is 0 Å². The van der Waals surface area contributed by atoms with Crippen LogP contribution >= 0.6 is 0 Å². The average molecular weight is 236 g/mol. The monoisotopic (exact) mass is 236 g/mol. The van der Waals surface area contributed by atoms with E-state index in [4.69, 9.17) is 0 Å². The van der Waals surface area contributed by atoms with Gasteiger partial charge >= 0.3 is 0 Å². The van der Waals surface area contributed by atoms with Gasteiger partial charge in [0, 0.05) is 38.4 Å². The van der Waals surface area contributed by atoms with Gasteiger partial charge in [-0.05, 0) is 12.3 Å². The minimum atomic E-state index is 0.292. The Bertz CT molecular complexity index is 377. The summed E-state index contributed by atoms with van der Waals surface area (Å²) >= 11 is 0. The molecule has 17 heavy (non-hydrogen) atoms. The molecule has 1 saturated heterocycles. The van der Waals surface area contributed by atoms with Crippen molar-refractivity contribution in [2.75, 3.05) is 18.0 Å². The van der Waals surface area contributed by atoms with E-state index in [-0.39, 0.29) is 0 Å². The van der Waals surface area contributed by atoms with Crippen LogP contribution in [0.1, 0.15) is 27.7 Å². The second-order valence-electron chi connectivity index (χ2n) is 6.20. The predicted octanol–water partition coefficient (Wildman–Crippen LogP) is 1.63. The summed E-state index contributed by atoms with van der Waals surface area (Å²) in [6.07, 6.45) is 4.06. The molecule has 2 heterocycles. The summed E-state index contributed by atoms with van der Waals surface area (Å²) in [5, 5.41) is 7.91. The van der Waals surface area contributed by atoms with Crippen molar-refractivity contribution in [3.8, 4) is 0 Å². The molecule has 1 aromatic rings. The Morgan fingerprint density at radius 2 is 2.12 bits per heavy atom. The van der Waals surface area contributed by atoms with E-state index < -0.39 is 0 Å². The molecule has 0 amide bonds. The van der Waals surface area contributed by atoms with Crippen molar-refractivity contribution in [1.82, 2.24) is 15.1 Å². The maximum Gasteiger partial charge on any atom is 0.0755 e. The highest BCUT2D eigenvalue weighted by Gasteiger charge is 2.32. The zero-order chi connectivity index (χ0) is 12.6. The molecule has 2 rings (SSSR count). The third kappa shape index (κ3) is 2.63. The van der Waals surface area contributed by atoms with Gasteiger partial charge in [-0.3, -0.25) is 4.68 Å². The Hall–Kier alpha value is -1.03. The molecule has 4 nitrogen and oxygen atoms in total. The highest BCUT2D eigenvalue weighted by Crippen LogP contribution is 2.26. The highest BCUT2D eigenvalue weighted by molar-refractivity contribution is 5.44. The number of piperazine rings is 1. The Balaban J connectivity index is 2.15. The van der Waals surface area contributed by atoms with Crippen LogP contribution in [0.15, 0.2) is 12.4 Å². The van der Waals surface area contributed by atoms with Crippen LogP contribution in [-0.4, -0.2) is 35.0 Å². The average Bonchev–Trinajstić information content (AvgIpc) is 2.63. The van der Waals surface area contributed by atoms with Gasteiger partial charge in [-0.2, -0.15) is 5.10 Å². The Morgan fingerprint density at radius 1 is 1.41 bits per heavy atom. The number of anilines is 1. The first-order chi connectivity index (χ1) is 7.88. The van der Waals surface area contributed by atoms with Crippen molar-refractivity contribution < 1.29 is 0 Å². The maximum absolute atomic E-state index is 4.27. The number of hydrogen-bond donors (Lipinski definition) is 1. The molecule has 1 aromatic heterocycles. The molecule has 1 aliphatic heterocycles. The van der Waals surface area contributed by atoms with E-state index >= 15 is 0 Å². The maximum atomic E-state index is 4.27. The lowest BCUT2D eigenvalue weighted by Crippen LogP contribution is -2.59. The molecule has 0 bridgehead atoms. The largest absolute Gasteiger partial charge is 0.363 e. The molecule has 4 heteroatoms. The molecule has 1 aliphatic rings. The van der Waals surface area contributed by atoms with Gasteiger partial charge in [0.15, 0.2) is 0 Å². The van der Waals surface area contributed by atoms with Crippen LogP contribution in [-0.2, 0) is 7.05 Å². The highest BCUT2D eigenvalue weighted by atomic mass is 15.3. The van der Waals surface area contributed by atoms with Crippen LogP contribution in [0, 0.1) is 5.41 Å². The number of rotatable bonds is 1. The van der Waals surface area contributed by atoms with Gasteiger partial charge in [-0.15, -0.1) is 0 Å². The molecule has 0 aliphatic carbocycles. The van der Waals surface area contributed by atoms with Gasteiger partial charge in [-0.1, -0.05) is 20.8 Å². The van der Waals surface area contributed by atoms with Crippen LogP contribution < -0.4 is 10.2 Å². The van der Waals surface area contributed by atoms with Crippen molar-refractivity contribution >= 4 is 5.69 Å². The molecule has 1 N–H and O–H groups in total. The van der Waals surface area contributed by atoms with E-state index in [9.17, 15) is 0 Å². The smallest absolute Gasteiger partial charge is 0.0755 e. The second kappa shape index (κ2) is 4.33. The SMILES string of the molecule is CC1CNC(C(C)(C)C)CN1c1cnn(C)c1. The van der Waals surface area contributed by atoms with E-state index in [1.54, 1.807) is 0 Å². The van der Waals surface area contributed by atoms with Crippen molar-refractivity contribution in [3.63, 3.8) is 0 Å². The lowest BCUT2D eigenvalue weighted by atomic mass is 9.85. The van der Waals surface area contributed by atoms with Crippen LogP contribution in [0.25, 0.3) is 0 Å². The van der Waals surface area contributed by atoms with Gasteiger partial charge in [0.2, 0.25) is 0 Å². The molecule has 96 valence electrons. The number of aryl methyl sites for hydroxylation is 1. The fourth-order valence-electron chi connectivity index (χ4n) is 2.36. The van der Waals surface area contributed by atoms with Crippen LogP contribution in [0.2, 0.25) is 0 Å². The second-order valence-corrected chi connectivity index (χ2v) is 6.20. The molecule has 0 spiro atoms. The summed E-state index contributed by atoms with van der Waals surface area (Å²) < 4.78 is 1.87. The van der Waals surface area contributed by atoms with Gasteiger partial charge in [0.25, 0.3) is 0 Å². The lowest BCUT2D eigenvalue weighted by molar-refractivity contribution is 0.239. The summed E-state index contributed by atoms with van der Waals surface area (Å²) in [7, 11) is 1.97. The first kappa shape index (κ1) is 12.4. The van der Waals surface area contributed by atoms with Gasteiger partial charge < -0.3 is 10.2 Å². The summed E-state index contributed by atoms with van der Waals surface area (Å²) in [6.45, 7) is 11.2. The quantitative estimate of drug-likeness (QED) is 0.804. The van der Waals surface area contributed by atoms with E-state index in [2.05, 4.69) is 49.2 Å². The number of nitrogens with one attached hydrogen (secondary N) is 1.